The summed E-state index contributed by atoms with van der Waals surface area (Å²) >= 11 is 0. The Morgan fingerprint density at radius 2 is 2.16 bits per heavy atom. The van der Waals surface area contributed by atoms with Gasteiger partial charge in [-0.1, -0.05) is 5.16 Å². The number of aromatic nitrogens is 4. The van der Waals surface area contributed by atoms with E-state index >= 15 is 0 Å². The van der Waals surface area contributed by atoms with Crippen molar-refractivity contribution in [3.63, 3.8) is 0 Å². The Labute approximate surface area is 110 Å². The normalized spacial score (nSPS) is 10.7. The van der Waals surface area contributed by atoms with Gasteiger partial charge in [0.15, 0.2) is 5.76 Å². The van der Waals surface area contributed by atoms with Crippen LogP contribution in [0.4, 0.5) is 11.9 Å². The Bertz CT molecular complexity index is 554. The smallest absolute Gasteiger partial charge is 0.323 e. The van der Waals surface area contributed by atoms with Crippen LogP contribution in [0.5, 0.6) is 6.01 Å². The summed E-state index contributed by atoms with van der Waals surface area (Å²) in [5, 5.41) is 6.76. The van der Waals surface area contributed by atoms with E-state index in [2.05, 4.69) is 25.4 Å². The Kier molecular flexibility index (Phi) is 3.79. The van der Waals surface area contributed by atoms with Gasteiger partial charge in [0.05, 0.1) is 18.3 Å². The minimum absolute atomic E-state index is 0.0356. The molecule has 0 bridgehead atoms. The highest BCUT2D eigenvalue weighted by Gasteiger charge is 2.08. The summed E-state index contributed by atoms with van der Waals surface area (Å²) < 4.78 is 10.4. The first-order chi connectivity index (χ1) is 9.02. The van der Waals surface area contributed by atoms with Crippen molar-refractivity contribution >= 4 is 11.9 Å². The van der Waals surface area contributed by atoms with Crippen LogP contribution in [-0.2, 0) is 6.54 Å². The minimum Gasteiger partial charge on any atom is -0.461 e. The third kappa shape index (κ3) is 3.80. The van der Waals surface area contributed by atoms with Crippen LogP contribution in [0.3, 0.4) is 0 Å². The van der Waals surface area contributed by atoms with Crippen molar-refractivity contribution in [2.24, 2.45) is 0 Å². The summed E-state index contributed by atoms with van der Waals surface area (Å²) in [5.41, 5.74) is 6.41. The molecule has 102 valence electrons. The van der Waals surface area contributed by atoms with Crippen molar-refractivity contribution in [3.8, 4) is 6.01 Å². The van der Waals surface area contributed by atoms with Crippen LogP contribution in [-0.4, -0.2) is 26.2 Å². The number of hydrogen-bond donors (Lipinski definition) is 2. The van der Waals surface area contributed by atoms with Gasteiger partial charge in [0, 0.05) is 6.07 Å². The first kappa shape index (κ1) is 13.1. The van der Waals surface area contributed by atoms with E-state index in [1.165, 1.54) is 0 Å². The van der Waals surface area contributed by atoms with E-state index in [9.17, 15) is 0 Å². The van der Waals surface area contributed by atoms with E-state index in [-0.39, 0.29) is 18.1 Å². The van der Waals surface area contributed by atoms with Crippen molar-refractivity contribution in [2.75, 3.05) is 11.1 Å². The molecule has 2 heterocycles. The second kappa shape index (κ2) is 5.51. The lowest BCUT2D eigenvalue weighted by molar-refractivity contribution is 0.222. The maximum Gasteiger partial charge on any atom is 0.323 e. The number of hydrogen-bond acceptors (Lipinski definition) is 8. The summed E-state index contributed by atoms with van der Waals surface area (Å²) in [5.74, 6) is 1.11. The van der Waals surface area contributed by atoms with Gasteiger partial charge in [0.1, 0.15) is 0 Å². The number of ether oxygens (including phenoxy) is 1. The molecule has 8 nitrogen and oxygen atoms in total. The number of nitrogens with zero attached hydrogens (tertiary/aromatic N) is 4. The molecule has 3 N–H and O–H groups in total. The summed E-state index contributed by atoms with van der Waals surface area (Å²) in [6.07, 6.45) is -0.0356. The largest absolute Gasteiger partial charge is 0.461 e. The lowest BCUT2D eigenvalue weighted by atomic mass is 10.4. The fourth-order valence-electron chi connectivity index (χ4n) is 1.38. The summed E-state index contributed by atoms with van der Waals surface area (Å²) in [6.45, 7) is 6.02. The van der Waals surface area contributed by atoms with Gasteiger partial charge in [0.25, 0.3) is 0 Å². The standard InChI is InChI=1S/C11H16N6O2/c1-6(2)18-11-15-9(12)14-10(16-11)13-5-8-4-7(3)17-19-8/h4,6H,5H2,1-3H3,(H3,12,13,14,15,16). The molecule has 0 unspecified atom stereocenters. The molecule has 0 amide bonds. The summed E-state index contributed by atoms with van der Waals surface area (Å²) in [4.78, 5) is 12.0. The molecular weight excluding hydrogens is 248 g/mol. The Morgan fingerprint density at radius 1 is 1.37 bits per heavy atom. The number of aryl methyl sites for hydroxylation is 1. The molecule has 2 aromatic heterocycles. The molecule has 0 radical (unpaired) electrons. The highest BCUT2D eigenvalue weighted by atomic mass is 16.5. The van der Waals surface area contributed by atoms with Crippen LogP contribution in [0.2, 0.25) is 0 Å². The predicted molar refractivity (Wildman–Crippen MR) is 68.6 cm³/mol. The molecule has 0 saturated carbocycles. The van der Waals surface area contributed by atoms with E-state index in [0.717, 1.165) is 5.69 Å². The van der Waals surface area contributed by atoms with Crippen LogP contribution in [0, 0.1) is 6.92 Å². The molecule has 0 fully saturated rings. The maximum absolute atomic E-state index is 5.59. The van der Waals surface area contributed by atoms with Crippen LogP contribution in [0.25, 0.3) is 0 Å². The van der Waals surface area contributed by atoms with Crippen LogP contribution in [0.15, 0.2) is 10.6 Å². The van der Waals surface area contributed by atoms with Crippen molar-refractivity contribution in [2.45, 2.75) is 33.4 Å². The van der Waals surface area contributed by atoms with Crippen LogP contribution < -0.4 is 15.8 Å². The third-order valence-corrected chi connectivity index (χ3v) is 2.07. The van der Waals surface area contributed by atoms with Crippen molar-refractivity contribution in [3.05, 3.63) is 17.5 Å². The van der Waals surface area contributed by atoms with E-state index in [4.69, 9.17) is 15.0 Å². The van der Waals surface area contributed by atoms with E-state index in [0.29, 0.717) is 18.3 Å². The van der Waals surface area contributed by atoms with Crippen molar-refractivity contribution < 1.29 is 9.26 Å². The quantitative estimate of drug-likeness (QED) is 0.827. The number of nitrogens with one attached hydrogen (secondary N) is 1. The van der Waals surface area contributed by atoms with Crippen molar-refractivity contribution in [1.29, 1.82) is 0 Å². The molecule has 0 spiro atoms. The fraction of sp³-hybridized carbons (Fsp3) is 0.455. The highest BCUT2D eigenvalue weighted by molar-refractivity contribution is 5.33. The van der Waals surface area contributed by atoms with Gasteiger partial charge in [-0.15, -0.1) is 0 Å². The van der Waals surface area contributed by atoms with E-state index in [1.54, 1.807) is 0 Å². The van der Waals surface area contributed by atoms with Gasteiger partial charge in [-0.2, -0.15) is 15.0 Å². The molecule has 0 saturated heterocycles. The zero-order valence-corrected chi connectivity index (χ0v) is 11.0. The van der Waals surface area contributed by atoms with Gasteiger partial charge in [0.2, 0.25) is 11.9 Å². The molecule has 2 rings (SSSR count). The van der Waals surface area contributed by atoms with Gasteiger partial charge >= 0.3 is 6.01 Å². The average Bonchev–Trinajstić information content (AvgIpc) is 2.71. The molecule has 0 aromatic carbocycles. The third-order valence-electron chi connectivity index (χ3n) is 2.07. The topological polar surface area (TPSA) is 112 Å². The average molecular weight is 264 g/mol. The molecular formula is C11H16N6O2. The first-order valence-corrected chi connectivity index (χ1v) is 5.87. The number of anilines is 2. The molecule has 19 heavy (non-hydrogen) atoms. The van der Waals surface area contributed by atoms with Gasteiger partial charge < -0.3 is 20.3 Å². The highest BCUT2D eigenvalue weighted by Crippen LogP contribution is 2.12. The molecule has 0 atom stereocenters. The van der Waals surface area contributed by atoms with Gasteiger partial charge in [-0.05, 0) is 20.8 Å². The number of nitrogens with two attached hydrogens (primary N) is 1. The fourth-order valence-corrected chi connectivity index (χ4v) is 1.38. The molecule has 0 aliphatic rings. The zero-order valence-electron chi connectivity index (χ0n) is 11.0. The lowest BCUT2D eigenvalue weighted by Crippen LogP contribution is -2.12. The summed E-state index contributed by atoms with van der Waals surface area (Å²) in [7, 11) is 0. The Hall–Kier alpha value is -2.38. The van der Waals surface area contributed by atoms with Crippen LogP contribution in [0.1, 0.15) is 25.3 Å². The minimum atomic E-state index is -0.0356. The number of nitrogen functional groups attached to an aromatic ring is 1. The van der Waals surface area contributed by atoms with Crippen LogP contribution >= 0.6 is 0 Å². The second-order valence-corrected chi connectivity index (χ2v) is 4.25. The zero-order chi connectivity index (χ0) is 13.8. The molecule has 0 aliphatic heterocycles. The van der Waals surface area contributed by atoms with Crippen molar-refractivity contribution in [1.82, 2.24) is 20.1 Å². The maximum atomic E-state index is 5.59. The van der Waals surface area contributed by atoms with E-state index in [1.807, 2.05) is 26.8 Å². The Morgan fingerprint density at radius 3 is 2.79 bits per heavy atom. The monoisotopic (exact) mass is 264 g/mol. The Balaban J connectivity index is 2.05. The van der Waals surface area contributed by atoms with E-state index < -0.39 is 0 Å². The van der Waals surface area contributed by atoms with Gasteiger partial charge in [-0.25, -0.2) is 0 Å². The first-order valence-electron chi connectivity index (χ1n) is 5.87. The SMILES string of the molecule is Cc1cc(CNc2nc(N)nc(OC(C)C)n2)on1. The second-order valence-electron chi connectivity index (χ2n) is 4.25. The molecule has 0 aliphatic carbocycles. The molecule has 8 heteroatoms. The van der Waals surface area contributed by atoms with Gasteiger partial charge in [-0.3, -0.25) is 0 Å². The number of rotatable bonds is 5. The lowest BCUT2D eigenvalue weighted by Gasteiger charge is -2.09. The summed E-state index contributed by atoms with van der Waals surface area (Å²) in [6, 6.07) is 2.02. The molecule has 2 aromatic rings. The predicted octanol–water partition coefficient (Wildman–Crippen LogP) is 1.15.